The summed E-state index contributed by atoms with van der Waals surface area (Å²) in [7, 11) is 0. The first-order valence-corrected chi connectivity index (χ1v) is 21.4. The number of aromatic nitrogens is 1. The van der Waals surface area contributed by atoms with E-state index in [-0.39, 0.29) is 0 Å². The van der Waals surface area contributed by atoms with Crippen molar-refractivity contribution in [2.75, 3.05) is 4.90 Å². The van der Waals surface area contributed by atoms with Crippen LogP contribution in [0, 0.1) is 0 Å². The van der Waals surface area contributed by atoms with Gasteiger partial charge in [-0.1, -0.05) is 66.7 Å². The number of para-hydroxylation sites is 4. The fourth-order valence-corrected chi connectivity index (χ4v) is 11.1. The van der Waals surface area contributed by atoms with Gasteiger partial charge in [0.05, 0.1) is 11.0 Å². The van der Waals surface area contributed by atoms with E-state index in [2.05, 4.69) is 210 Å². The molecule has 0 amide bonds. The second-order valence-electron chi connectivity index (χ2n) is 14.9. The molecule has 0 aliphatic heterocycles. The summed E-state index contributed by atoms with van der Waals surface area (Å²) in [6.45, 7) is 0. The molecule has 0 saturated heterocycles. The molecule has 0 atom stereocenters. The Hall–Kier alpha value is -7.10. The molecule has 0 radical (unpaired) electrons. The van der Waals surface area contributed by atoms with Gasteiger partial charge in [-0.25, -0.2) is 0 Å². The van der Waals surface area contributed by atoms with Crippen LogP contribution in [0.25, 0.3) is 91.0 Å². The molecule has 0 bridgehead atoms. The zero-order valence-electron chi connectivity index (χ0n) is 31.3. The van der Waals surface area contributed by atoms with Gasteiger partial charge in [0.2, 0.25) is 0 Å². The van der Waals surface area contributed by atoms with Crippen LogP contribution in [0.4, 0.5) is 17.1 Å². The third kappa shape index (κ3) is 5.27. The molecule has 4 heteroatoms. The van der Waals surface area contributed by atoms with Crippen LogP contribution in [0.2, 0.25) is 0 Å². The minimum Gasteiger partial charge on any atom is -0.0602 e. The van der Waals surface area contributed by atoms with Crippen molar-refractivity contribution in [1.29, 1.82) is 0 Å². The van der Waals surface area contributed by atoms with E-state index in [4.69, 9.17) is 4.42 Å². The van der Waals surface area contributed by atoms with Crippen molar-refractivity contribution in [3.05, 3.63) is 206 Å². The third-order valence-electron chi connectivity index (χ3n) is 11.6. The molecule has 12 rings (SSSR count). The Kier molecular flexibility index (Phi) is 7.56. The summed E-state index contributed by atoms with van der Waals surface area (Å²) in [5, 5.41) is 7.47. The van der Waals surface area contributed by atoms with Gasteiger partial charge in [0.15, 0.2) is 0 Å². The molecule has 0 N–H and O–H groups in total. The van der Waals surface area contributed by atoms with E-state index in [1.807, 2.05) is 6.07 Å². The van der Waals surface area contributed by atoms with Crippen molar-refractivity contribution in [1.82, 2.24) is 4.57 Å². The standard InChI is InChI=1S/C54H34N2OSe/c1-2-11-39(12-3-1)56-48-17-7-4-13-42(48)46-33-37(25-31-49(46)56)35-21-27-40(28-22-35)55(50-18-10-16-45-43-14-5-8-19-51(43)57-54(45)50)41-29-23-36(24-30-41)38-26-32-53-47(34-38)44-15-6-9-20-52(44)58-53/h1-34H. The number of anilines is 3. The van der Waals surface area contributed by atoms with E-state index in [0.29, 0.717) is 14.5 Å². The van der Waals surface area contributed by atoms with Gasteiger partial charge in [-0.05, 0) is 47.5 Å². The van der Waals surface area contributed by atoms with Crippen molar-refractivity contribution < 1.29 is 4.42 Å². The fourth-order valence-electron chi connectivity index (χ4n) is 8.85. The maximum absolute atomic E-state index is 6.63. The Morgan fingerprint density at radius 1 is 0.379 bits per heavy atom. The van der Waals surface area contributed by atoms with Gasteiger partial charge in [0.1, 0.15) is 5.58 Å². The van der Waals surface area contributed by atoms with Crippen LogP contribution in [-0.4, -0.2) is 19.1 Å². The normalized spacial score (nSPS) is 11.8. The summed E-state index contributed by atoms with van der Waals surface area (Å²) in [4.78, 5) is 2.33. The number of benzene rings is 9. The first-order chi connectivity index (χ1) is 28.7. The van der Waals surface area contributed by atoms with Crippen molar-refractivity contribution in [3.8, 4) is 27.9 Å². The second-order valence-corrected chi connectivity index (χ2v) is 17.2. The van der Waals surface area contributed by atoms with Gasteiger partial charge >= 0.3 is 185 Å². The van der Waals surface area contributed by atoms with E-state index < -0.39 is 0 Å². The Labute approximate surface area is 341 Å². The fraction of sp³-hybridized carbons (Fsp3) is 0. The predicted molar refractivity (Wildman–Crippen MR) is 246 cm³/mol. The van der Waals surface area contributed by atoms with Crippen LogP contribution in [0.3, 0.4) is 0 Å². The molecule has 0 saturated carbocycles. The topological polar surface area (TPSA) is 21.3 Å². The molecule has 0 unspecified atom stereocenters. The number of hydrogen-bond acceptors (Lipinski definition) is 2. The predicted octanol–water partition coefficient (Wildman–Crippen LogP) is 14.9. The number of nitrogens with zero attached hydrogens (tertiary/aromatic N) is 2. The summed E-state index contributed by atoms with van der Waals surface area (Å²) >= 11 is 0.359. The third-order valence-corrected chi connectivity index (χ3v) is 14.0. The summed E-state index contributed by atoms with van der Waals surface area (Å²) in [6, 6.07) is 74.8. The van der Waals surface area contributed by atoms with Gasteiger partial charge in [0.25, 0.3) is 0 Å². The van der Waals surface area contributed by atoms with Crippen molar-refractivity contribution in [2.24, 2.45) is 0 Å². The van der Waals surface area contributed by atoms with Gasteiger partial charge < -0.3 is 4.57 Å². The first-order valence-electron chi connectivity index (χ1n) is 19.7. The van der Waals surface area contributed by atoms with Gasteiger partial charge in [0, 0.05) is 21.8 Å². The summed E-state index contributed by atoms with van der Waals surface area (Å²) in [5.74, 6) is 0. The SMILES string of the molecule is c1ccc(-n2c3ccccc3c3cc(-c4ccc(N(c5ccc(-c6ccc7[se]c8ccccc8c7c6)cc5)c5cccc6c5oc5ccccc56)cc4)ccc32)cc1. The van der Waals surface area contributed by atoms with Gasteiger partial charge in [-0.15, -0.1) is 0 Å². The van der Waals surface area contributed by atoms with Crippen LogP contribution in [-0.2, 0) is 0 Å². The number of furan rings is 1. The average Bonchev–Trinajstić information content (AvgIpc) is 3.97. The molecule has 9 aromatic carbocycles. The quantitative estimate of drug-likeness (QED) is 0.156. The van der Waals surface area contributed by atoms with Gasteiger partial charge in [-0.3, -0.25) is 0 Å². The molecule has 12 aromatic rings. The summed E-state index contributed by atoms with van der Waals surface area (Å²) < 4.78 is 11.9. The molecule has 0 aliphatic rings. The molecular weight excluding hydrogens is 772 g/mol. The van der Waals surface area contributed by atoms with E-state index in [1.54, 1.807) is 0 Å². The molecule has 3 aromatic heterocycles. The van der Waals surface area contributed by atoms with Crippen molar-refractivity contribution in [2.45, 2.75) is 0 Å². The smallest absolute Gasteiger partial charge is 0.0602 e. The maximum atomic E-state index is 6.63. The van der Waals surface area contributed by atoms with Crippen molar-refractivity contribution >= 4 is 94.6 Å². The number of rotatable bonds is 6. The Morgan fingerprint density at radius 2 is 0.948 bits per heavy atom. The molecule has 0 aliphatic carbocycles. The molecule has 0 spiro atoms. The van der Waals surface area contributed by atoms with Crippen LogP contribution < -0.4 is 4.90 Å². The molecule has 58 heavy (non-hydrogen) atoms. The Bertz CT molecular complexity index is 3500. The van der Waals surface area contributed by atoms with E-state index in [0.717, 1.165) is 44.7 Å². The zero-order chi connectivity index (χ0) is 38.2. The van der Waals surface area contributed by atoms with E-state index >= 15 is 0 Å². The summed E-state index contributed by atoms with van der Waals surface area (Å²) in [6.07, 6.45) is 0. The monoisotopic (exact) mass is 806 g/mol. The summed E-state index contributed by atoms with van der Waals surface area (Å²) in [5.41, 5.74) is 13.2. The molecular formula is C54H34N2OSe. The minimum absolute atomic E-state index is 0.359. The average molecular weight is 806 g/mol. The Morgan fingerprint density at radius 3 is 1.72 bits per heavy atom. The van der Waals surface area contributed by atoms with E-state index in [9.17, 15) is 0 Å². The van der Waals surface area contributed by atoms with Crippen LogP contribution in [0.1, 0.15) is 0 Å². The number of hydrogen-bond donors (Lipinski definition) is 0. The van der Waals surface area contributed by atoms with Crippen LogP contribution >= 0.6 is 0 Å². The zero-order valence-corrected chi connectivity index (χ0v) is 33.1. The van der Waals surface area contributed by atoms with E-state index in [1.165, 1.54) is 63.4 Å². The molecule has 0 fully saturated rings. The van der Waals surface area contributed by atoms with Crippen LogP contribution in [0.5, 0.6) is 0 Å². The Balaban J connectivity index is 0.967. The second kappa shape index (κ2) is 13.2. The molecule has 3 heterocycles. The van der Waals surface area contributed by atoms with Crippen molar-refractivity contribution in [3.63, 3.8) is 0 Å². The first kappa shape index (κ1) is 33.1. The van der Waals surface area contributed by atoms with Crippen LogP contribution in [0.15, 0.2) is 211 Å². The molecule has 272 valence electrons. The molecule has 3 nitrogen and oxygen atoms in total. The van der Waals surface area contributed by atoms with Gasteiger partial charge in [-0.2, -0.15) is 0 Å². The minimum atomic E-state index is 0.359. The number of fused-ring (bicyclic) bond motifs is 9.